The van der Waals surface area contributed by atoms with E-state index in [1.807, 2.05) is 0 Å². The number of hydrogen-bond donors (Lipinski definition) is 1. The summed E-state index contributed by atoms with van der Waals surface area (Å²) in [5, 5.41) is 0.542. The third-order valence-electron chi connectivity index (χ3n) is 3.39. The molecule has 0 atom stereocenters. The number of H-pyrrole nitrogens is 1. The van der Waals surface area contributed by atoms with E-state index in [2.05, 4.69) is 9.97 Å². The summed E-state index contributed by atoms with van der Waals surface area (Å²) in [6.07, 6.45) is 3.37. The van der Waals surface area contributed by atoms with E-state index in [1.165, 1.54) is 0 Å². The Hall–Kier alpha value is -2.92. The van der Waals surface area contributed by atoms with Crippen molar-refractivity contribution >= 4 is 23.4 Å². The summed E-state index contributed by atoms with van der Waals surface area (Å²) >= 11 is 5.77. The third kappa shape index (κ3) is 3.70. The van der Waals surface area contributed by atoms with Gasteiger partial charge in [-0.3, -0.25) is 4.79 Å². The fourth-order valence-corrected chi connectivity index (χ4v) is 2.25. The lowest BCUT2D eigenvalue weighted by atomic mass is 10.1. The van der Waals surface area contributed by atoms with Gasteiger partial charge in [-0.2, -0.15) is 0 Å². The molecule has 1 heterocycles. The number of hydrogen-bond acceptors (Lipinski definition) is 4. The van der Waals surface area contributed by atoms with Gasteiger partial charge in [-0.05, 0) is 36.4 Å². The highest BCUT2D eigenvalue weighted by molar-refractivity contribution is 6.30. The number of aromatic amines is 1. The highest BCUT2D eigenvalue weighted by atomic mass is 35.5. The molecule has 0 saturated heterocycles. The topological polar surface area (TPSA) is 72.1 Å². The van der Waals surface area contributed by atoms with Gasteiger partial charge in [0.25, 0.3) is 0 Å². The van der Waals surface area contributed by atoms with Crippen LogP contribution in [0.3, 0.4) is 0 Å². The van der Waals surface area contributed by atoms with Crippen molar-refractivity contribution < 1.29 is 14.3 Å². The Morgan fingerprint density at radius 1 is 1.00 bits per heavy atom. The molecule has 1 aromatic heterocycles. The van der Waals surface area contributed by atoms with Crippen LogP contribution in [0, 0.1) is 0 Å². The summed E-state index contributed by atoms with van der Waals surface area (Å²) in [5.41, 5.74) is 1.67. The zero-order valence-electron chi connectivity index (χ0n) is 12.5. The molecule has 120 valence electrons. The van der Waals surface area contributed by atoms with Crippen LogP contribution in [0.1, 0.15) is 20.7 Å². The molecule has 0 fully saturated rings. The average molecular weight is 341 g/mol. The van der Waals surface area contributed by atoms with Crippen molar-refractivity contribution in [3.63, 3.8) is 0 Å². The number of nitrogens with zero attached hydrogens (tertiary/aromatic N) is 1. The monoisotopic (exact) mass is 340 g/mol. The van der Waals surface area contributed by atoms with Gasteiger partial charge in [-0.1, -0.05) is 23.7 Å². The first-order valence-corrected chi connectivity index (χ1v) is 7.57. The first-order chi connectivity index (χ1) is 11.6. The molecule has 0 spiro atoms. The van der Waals surface area contributed by atoms with Crippen molar-refractivity contribution in [2.24, 2.45) is 0 Å². The summed E-state index contributed by atoms with van der Waals surface area (Å²) in [4.78, 5) is 31.1. The van der Waals surface area contributed by atoms with E-state index in [0.29, 0.717) is 22.0 Å². The van der Waals surface area contributed by atoms with Crippen molar-refractivity contribution in [3.8, 4) is 11.4 Å². The predicted octanol–water partition coefficient (Wildman–Crippen LogP) is 3.77. The van der Waals surface area contributed by atoms with Gasteiger partial charge in [-0.15, -0.1) is 0 Å². The van der Waals surface area contributed by atoms with E-state index in [-0.39, 0.29) is 12.4 Å². The van der Waals surface area contributed by atoms with Crippen LogP contribution >= 0.6 is 11.6 Å². The minimum atomic E-state index is -0.552. The molecule has 0 saturated carbocycles. The Bertz CT molecular complexity index is 841. The minimum Gasteiger partial charge on any atom is -0.454 e. The molecule has 0 amide bonds. The number of esters is 1. The fraction of sp³-hybridized carbons (Fsp3) is 0.0556. The molecule has 0 radical (unpaired) electrons. The lowest BCUT2D eigenvalue weighted by Gasteiger charge is -2.05. The van der Waals surface area contributed by atoms with Gasteiger partial charge >= 0.3 is 5.97 Å². The molecular weight excluding hydrogens is 328 g/mol. The number of carbonyl (C=O) groups is 2. The molecule has 5 nitrogen and oxygen atoms in total. The molecule has 3 aromatic rings. The number of Topliss-reactive ketones (excluding diaryl/α,β-unsaturated/α-hetero) is 1. The second kappa shape index (κ2) is 7.10. The van der Waals surface area contributed by atoms with Crippen molar-refractivity contribution in [1.29, 1.82) is 0 Å². The maximum atomic E-state index is 12.0. The van der Waals surface area contributed by atoms with Gasteiger partial charge in [0.1, 0.15) is 5.82 Å². The van der Waals surface area contributed by atoms with Crippen molar-refractivity contribution in [2.45, 2.75) is 0 Å². The van der Waals surface area contributed by atoms with Crippen molar-refractivity contribution in [1.82, 2.24) is 9.97 Å². The Morgan fingerprint density at radius 2 is 1.67 bits per heavy atom. The summed E-state index contributed by atoms with van der Waals surface area (Å²) in [6.45, 7) is -0.319. The van der Waals surface area contributed by atoms with E-state index in [9.17, 15) is 9.59 Å². The van der Waals surface area contributed by atoms with Crippen LogP contribution in [0.5, 0.6) is 0 Å². The zero-order chi connectivity index (χ0) is 16.9. The van der Waals surface area contributed by atoms with Crippen LogP contribution in [0.2, 0.25) is 5.02 Å². The minimum absolute atomic E-state index is 0.285. The SMILES string of the molecule is O=C(COC(=O)c1ccc(-c2ncc[nH]2)cc1)c1ccc(Cl)cc1. The molecule has 0 bridgehead atoms. The van der Waals surface area contributed by atoms with Gasteiger partial charge in [0.15, 0.2) is 12.4 Å². The lowest BCUT2D eigenvalue weighted by Crippen LogP contribution is -2.14. The number of aromatic nitrogens is 2. The van der Waals surface area contributed by atoms with E-state index in [4.69, 9.17) is 16.3 Å². The van der Waals surface area contributed by atoms with E-state index < -0.39 is 5.97 Å². The van der Waals surface area contributed by atoms with E-state index >= 15 is 0 Å². The average Bonchev–Trinajstić information content (AvgIpc) is 3.15. The number of imidazole rings is 1. The van der Waals surface area contributed by atoms with Crippen molar-refractivity contribution in [3.05, 3.63) is 77.1 Å². The largest absolute Gasteiger partial charge is 0.454 e. The number of ether oxygens (including phenoxy) is 1. The first kappa shape index (κ1) is 16.0. The summed E-state index contributed by atoms with van der Waals surface area (Å²) in [6, 6.07) is 13.2. The molecule has 24 heavy (non-hydrogen) atoms. The van der Waals surface area contributed by atoms with E-state index in [0.717, 1.165) is 5.56 Å². The standard InChI is InChI=1S/C18H13ClN2O3/c19-15-7-5-12(6-8-15)16(22)11-24-18(23)14-3-1-13(2-4-14)17-20-9-10-21-17/h1-10H,11H2,(H,20,21). The van der Waals surface area contributed by atoms with Crippen LogP contribution in [0.25, 0.3) is 11.4 Å². The Morgan fingerprint density at radius 3 is 2.29 bits per heavy atom. The quantitative estimate of drug-likeness (QED) is 0.567. The van der Waals surface area contributed by atoms with Gasteiger partial charge in [0, 0.05) is 28.5 Å². The number of benzene rings is 2. The zero-order valence-corrected chi connectivity index (χ0v) is 13.3. The smallest absolute Gasteiger partial charge is 0.338 e. The molecule has 2 aromatic carbocycles. The number of rotatable bonds is 5. The molecule has 0 unspecified atom stereocenters. The third-order valence-corrected chi connectivity index (χ3v) is 3.64. The maximum Gasteiger partial charge on any atom is 0.338 e. The van der Waals surface area contributed by atoms with Crippen LogP contribution in [0.4, 0.5) is 0 Å². The molecule has 0 aliphatic carbocycles. The van der Waals surface area contributed by atoms with Gasteiger partial charge in [0.05, 0.1) is 5.56 Å². The van der Waals surface area contributed by atoms with Gasteiger partial charge in [-0.25, -0.2) is 9.78 Å². The molecule has 1 N–H and O–H groups in total. The Labute approximate surface area is 143 Å². The summed E-state index contributed by atoms with van der Waals surface area (Å²) in [7, 11) is 0. The first-order valence-electron chi connectivity index (χ1n) is 7.19. The van der Waals surface area contributed by atoms with Crippen LogP contribution in [-0.4, -0.2) is 28.3 Å². The van der Waals surface area contributed by atoms with Crippen molar-refractivity contribution in [2.75, 3.05) is 6.61 Å². The van der Waals surface area contributed by atoms with Gasteiger partial charge in [0.2, 0.25) is 0 Å². The maximum absolute atomic E-state index is 12.0. The summed E-state index contributed by atoms with van der Waals surface area (Å²) < 4.78 is 5.06. The number of halogens is 1. The molecular formula is C18H13ClN2O3. The highest BCUT2D eigenvalue weighted by Gasteiger charge is 2.12. The van der Waals surface area contributed by atoms with E-state index in [1.54, 1.807) is 60.9 Å². The Balaban J connectivity index is 1.60. The second-order valence-electron chi connectivity index (χ2n) is 5.02. The van der Waals surface area contributed by atoms with Gasteiger partial charge < -0.3 is 9.72 Å². The number of nitrogens with one attached hydrogen (secondary N) is 1. The second-order valence-corrected chi connectivity index (χ2v) is 5.46. The molecule has 0 aliphatic heterocycles. The predicted molar refractivity (Wildman–Crippen MR) is 90.1 cm³/mol. The lowest BCUT2D eigenvalue weighted by molar-refractivity contribution is 0.0475. The van der Waals surface area contributed by atoms with Crippen LogP contribution in [-0.2, 0) is 4.74 Å². The fourth-order valence-electron chi connectivity index (χ4n) is 2.12. The highest BCUT2D eigenvalue weighted by Crippen LogP contribution is 2.16. The molecule has 6 heteroatoms. The summed E-state index contributed by atoms with van der Waals surface area (Å²) in [5.74, 6) is -0.122. The van der Waals surface area contributed by atoms with Crippen LogP contribution in [0.15, 0.2) is 60.9 Å². The molecule has 0 aliphatic rings. The van der Waals surface area contributed by atoms with Crippen LogP contribution < -0.4 is 0 Å². The normalized spacial score (nSPS) is 10.4. The molecule has 3 rings (SSSR count). The number of ketones is 1. The number of carbonyl (C=O) groups excluding carboxylic acids is 2. The Kier molecular flexibility index (Phi) is 4.72.